The summed E-state index contributed by atoms with van der Waals surface area (Å²) in [6.07, 6.45) is 0. The highest BCUT2D eigenvalue weighted by atomic mass is 19.1. The topological polar surface area (TPSA) is 98.2 Å². The monoisotopic (exact) mass is 291 g/mol. The number of benzene rings is 1. The van der Waals surface area contributed by atoms with E-state index in [4.69, 9.17) is 11.5 Å². The van der Waals surface area contributed by atoms with Gasteiger partial charge < -0.3 is 16.8 Å². The summed E-state index contributed by atoms with van der Waals surface area (Å²) >= 11 is 0. The third-order valence-electron chi connectivity index (χ3n) is 2.91. The van der Waals surface area contributed by atoms with E-state index in [1.54, 1.807) is 13.8 Å². The molecule has 1 rings (SSSR count). The van der Waals surface area contributed by atoms with E-state index >= 15 is 0 Å². The van der Waals surface area contributed by atoms with Gasteiger partial charge in [-0.15, -0.1) is 0 Å². The zero-order chi connectivity index (χ0) is 16.0. The number of nitrogens with one attached hydrogen (secondary N) is 1. The van der Waals surface area contributed by atoms with Crippen LogP contribution in [0.2, 0.25) is 0 Å². The van der Waals surface area contributed by atoms with Crippen LogP contribution in [-0.4, -0.2) is 24.9 Å². The summed E-state index contributed by atoms with van der Waals surface area (Å²) in [6, 6.07) is 3.71. The fraction of sp³-hybridized carbons (Fsp3) is 0.333. The molecule has 0 unspecified atom stereocenters. The molecule has 0 bridgehead atoms. The minimum absolute atomic E-state index is 0.0431. The van der Waals surface area contributed by atoms with Crippen LogP contribution in [0.1, 0.15) is 29.8 Å². The smallest absolute Gasteiger partial charge is 0.252 e. The SMILES string of the molecule is CC(C)(CNC(=O)c1cc(F)ccc1C#CCN)C(N)=O. The summed E-state index contributed by atoms with van der Waals surface area (Å²) < 4.78 is 13.3. The van der Waals surface area contributed by atoms with Crippen LogP contribution >= 0.6 is 0 Å². The lowest BCUT2D eigenvalue weighted by molar-refractivity contribution is -0.125. The number of hydrogen-bond acceptors (Lipinski definition) is 3. The molecular formula is C15H18FN3O2. The van der Waals surface area contributed by atoms with Gasteiger partial charge in [0.25, 0.3) is 5.91 Å². The van der Waals surface area contributed by atoms with Crippen LogP contribution in [0.15, 0.2) is 18.2 Å². The van der Waals surface area contributed by atoms with Crippen molar-refractivity contribution in [3.05, 3.63) is 35.1 Å². The molecule has 0 aliphatic rings. The number of carbonyl (C=O) groups is 2. The second-order valence-corrected chi connectivity index (χ2v) is 5.13. The summed E-state index contributed by atoms with van der Waals surface area (Å²) in [5.41, 5.74) is 10.1. The molecule has 0 aliphatic heterocycles. The van der Waals surface area contributed by atoms with Crippen molar-refractivity contribution in [2.45, 2.75) is 13.8 Å². The van der Waals surface area contributed by atoms with Crippen LogP contribution in [0, 0.1) is 23.1 Å². The number of nitrogens with two attached hydrogens (primary N) is 2. The van der Waals surface area contributed by atoms with Crippen molar-refractivity contribution in [2.24, 2.45) is 16.9 Å². The van der Waals surface area contributed by atoms with Crippen molar-refractivity contribution < 1.29 is 14.0 Å². The maximum Gasteiger partial charge on any atom is 0.252 e. The zero-order valence-electron chi connectivity index (χ0n) is 12.0. The van der Waals surface area contributed by atoms with Crippen molar-refractivity contribution in [3.63, 3.8) is 0 Å². The van der Waals surface area contributed by atoms with E-state index in [-0.39, 0.29) is 18.7 Å². The van der Waals surface area contributed by atoms with Crippen LogP contribution < -0.4 is 16.8 Å². The lowest BCUT2D eigenvalue weighted by atomic mass is 9.92. The van der Waals surface area contributed by atoms with Crippen LogP contribution in [0.25, 0.3) is 0 Å². The Kier molecular flexibility index (Phi) is 5.44. The molecule has 0 fully saturated rings. The Morgan fingerprint density at radius 1 is 1.38 bits per heavy atom. The first-order valence-corrected chi connectivity index (χ1v) is 6.34. The van der Waals surface area contributed by atoms with Crippen molar-refractivity contribution >= 4 is 11.8 Å². The molecule has 0 aromatic heterocycles. The molecule has 112 valence electrons. The fourth-order valence-corrected chi connectivity index (χ4v) is 1.44. The molecule has 0 radical (unpaired) electrons. The Labute approximate surface area is 122 Å². The van der Waals surface area contributed by atoms with Crippen LogP contribution in [0.4, 0.5) is 4.39 Å². The molecule has 0 atom stereocenters. The van der Waals surface area contributed by atoms with Gasteiger partial charge in [-0.1, -0.05) is 11.8 Å². The van der Waals surface area contributed by atoms with Gasteiger partial charge in [0.05, 0.1) is 17.5 Å². The first-order chi connectivity index (χ1) is 9.77. The third kappa shape index (κ3) is 4.58. The van der Waals surface area contributed by atoms with Gasteiger partial charge in [-0.25, -0.2) is 4.39 Å². The molecule has 0 saturated carbocycles. The fourth-order valence-electron chi connectivity index (χ4n) is 1.44. The maximum atomic E-state index is 13.3. The lowest BCUT2D eigenvalue weighted by Gasteiger charge is -2.20. The minimum atomic E-state index is -0.897. The molecule has 1 aromatic carbocycles. The van der Waals surface area contributed by atoms with E-state index in [2.05, 4.69) is 17.2 Å². The highest BCUT2D eigenvalue weighted by Crippen LogP contribution is 2.14. The normalized spacial score (nSPS) is 10.5. The zero-order valence-corrected chi connectivity index (χ0v) is 12.0. The Morgan fingerprint density at radius 2 is 2.05 bits per heavy atom. The Balaban J connectivity index is 2.96. The molecule has 0 spiro atoms. The lowest BCUT2D eigenvalue weighted by Crippen LogP contribution is -2.42. The van der Waals surface area contributed by atoms with Gasteiger partial charge in [-0.2, -0.15) is 0 Å². The van der Waals surface area contributed by atoms with E-state index in [9.17, 15) is 14.0 Å². The van der Waals surface area contributed by atoms with E-state index in [0.29, 0.717) is 5.56 Å². The van der Waals surface area contributed by atoms with Crippen molar-refractivity contribution in [2.75, 3.05) is 13.1 Å². The highest BCUT2D eigenvalue weighted by molar-refractivity contribution is 5.97. The second-order valence-electron chi connectivity index (χ2n) is 5.13. The number of amides is 2. The largest absolute Gasteiger partial charge is 0.369 e. The standard InChI is InChI=1S/C15H18FN3O2/c1-15(2,14(18)21)9-19-13(20)12-8-11(16)6-5-10(12)4-3-7-17/h5-6,8H,7,9,17H2,1-2H3,(H2,18,21)(H,19,20). The summed E-state index contributed by atoms with van der Waals surface area (Å²) in [6.45, 7) is 3.39. The summed E-state index contributed by atoms with van der Waals surface area (Å²) in [5.74, 6) is 3.71. The van der Waals surface area contributed by atoms with Crippen LogP contribution in [0.5, 0.6) is 0 Å². The summed E-state index contributed by atoms with van der Waals surface area (Å²) in [4.78, 5) is 23.3. The van der Waals surface area contributed by atoms with Gasteiger partial charge >= 0.3 is 0 Å². The molecule has 0 saturated heterocycles. The Bertz CT molecular complexity index is 615. The van der Waals surface area contributed by atoms with Crippen molar-refractivity contribution in [1.29, 1.82) is 0 Å². The number of rotatable bonds is 4. The average molecular weight is 291 g/mol. The number of hydrogen-bond donors (Lipinski definition) is 3. The molecule has 5 nitrogen and oxygen atoms in total. The predicted molar refractivity (Wildman–Crippen MR) is 77.6 cm³/mol. The van der Waals surface area contributed by atoms with E-state index in [1.807, 2.05) is 0 Å². The van der Waals surface area contributed by atoms with Gasteiger partial charge in [0.2, 0.25) is 5.91 Å². The van der Waals surface area contributed by atoms with Gasteiger partial charge in [0.1, 0.15) is 5.82 Å². The molecule has 21 heavy (non-hydrogen) atoms. The van der Waals surface area contributed by atoms with Crippen LogP contribution in [-0.2, 0) is 4.79 Å². The molecule has 0 heterocycles. The second kappa shape index (κ2) is 6.86. The average Bonchev–Trinajstić information content (AvgIpc) is 2.43. The number of primary amides is 1. The summed E-state index contributed by atoms with van der Waals surface area (Å²) in [5, 5.41) is 2.56. The van der Waals surface area contributed by atoms with Gasteiger partial charge in [-0.05, 0) is 32.0 Å². The van der Waals surface area contributed by atoms with Gasteiger partial charge in [-0.3, -0.25) is 9.59 Å². The first-order valence-electron chi connectivity index (χ1n) is 6.34. The molecular weight excluding hydrogens is 273 g/mol. The van der Waals surface area contributed by atoms with Gasteiger partial charge in [0.15, 0.2) is 0 Å². The Hall–Kier alpha value is -2.39. The van der Waals surface area contributed by atoms with E-state index in [0.717, 1.165) is 6.07 Å². The van der Waals surface area contributed by atoms with E-state index < -0.39 is 23.0 Å². The van der Waals surface area contributed by atoms with E-state index in [1.165, 1.54) is 12.1 Å². The van der Waals surface area contributed by atoms with Gasteiger partial charge in [0, 0.05) is 12.1 Å². The molecule has 6 heteroatoms. The number of carbonyl (C=O) groups excluding carboxylic acids is 2. The molecule has 5 N–H and O–H groups in total. The van der Waals surface area contributed by atoms with Crippen molar-refractivity contribution in [1.82, 2.24) is 5.32 Å². The Morgan fingerprint density at radius 3 is 2.62 bits per heavy atom. The highest BCUT2D eigenvalue weighted by Gasteiger charge is 2.26. The third-order valence-corrected chi connectivity index (χ3v) is 2.91. The molecule has 0 aliphatic carbocycles. The molecule has 2 amide bonds. The summed E-state index contributed by atoms with van der Waals surface area (Å²) in [7, 11) is 0. The maximum absolute atomic E-state index is 13.3. The first kappa shape index (κ1) is 16.7. The number of halogens is 1. The minimum Gasteiger partial charge on any atom is -0.369 e. The molecule has 1 aromatic rings. The quantitative estimate of drug-likeness (QED) is 0.699. The predicted octanol–water partition coefficient (Wildman–Crippen LogP) is 0.377. The van der Waals surface area contributed by atoms with Crippen LogP contribution in [0.3, 0.4) is 0 Å². The van der Waals surface area contributed by atoms with Crippen molar-refractivity contribution in [3.8, 4) is 11.8 Å².